The number of ether oxygens (including phenoxy) is 4. The number of rotatable bonds is 12. The molecule has 12 heteroatoms. The molecule has 41 heavy (non-hydrogen) atoms. The van der Waals surface area contributed by atoms with E-state index in [4.69, 9.17) is 34.6 Å². The van der Waals surface area contributed by atoms with Gasteiger partial charge in [-0.2, -0.15) is 0 Å². The van der Waals surface area contributed by atoms with Gasteiger partial charge in [0.2, 0.25) is 12.7 Å². The predicted molar refractivity (Wildman–Crippen MR) is 150 cm³/mol. The third kappa shape index (κ3) is 6.20. The van der Waals surface area contributed by atoms with E-state index in [0.29, 0.717) is 59.5 Å². The summed E-state index contributed by atoms with van der Waals surface area (Å²) in [4.78, 5) is 21.6. The maximum atomic E-state index is 13.9. The van der Waals surface area contributed by atoms with Crippen LogP contribution in [0.25, 0.3) is 10.4 Å². The number of aliphatic imine (C=N–C) groups is 1. The van der Waals surface area contributed by atoms with Crippen LogP contribution in [0.2, 0.25) is 0 Å². The van der Waals surface area contributed by atoms with E-state index in [1.165, 1.54) is 0 Å². The van der Waals surface area contributed by atoms with Crippen molar-refractivity contribution < 1.29 is 28.8 Å². The Morgan fingerprint density at radius 3 is 2.78 bits per heavy atom. The van der Waals surface area contributed by atoms with E-state index in [0.717, 1.165) is 5.56 Å². The van der Waals surface area contributed by atoms with Crippen molar-refractivity contribution in [2.75, 3.05) is 20.0 Å². The molecule has 3 aromatic carbocycles. The fourth-order valence-electron chi connectivity index (χ4n) is 4.63. The SMILES string of the molecule is C[C@@H]1OC(c2ccc(OCCCO)cc2)=N[C@]1(Cc1ccccc1N=[N+]=[N-])C(=O)NNCc1ccc2c(c1)OCO2. The normalized spacial score (nSPS) is 18.7. The van der Waals surface area contributed by atoms with Crippen LogP contribution in [-0.4, -0.2) is 48.6 Å². The first kappa shape index (κ1) is 27.8. The number of azide groups is 1. The molecule has 0 aliphatic carbocycles. The van der Waals surface area contributed by atoms with Gasteiger partial charge in [-0.1, -0.05) is 35.4 Å². The number of hydrazine groups is 1. The van der Waals surface area contributed by atoms with Crippen LogP contribution in [0.3, 0.4) is 0 Å². The number of hydrogen-bond acceptors (Lipinski definition) is 9. The summed E-state index contributed by atoms with van der Waals surface area (Å²) in [5.74, 6) is 1.89. The number of amides is 1. The molecule has 2 aliphatic rings. The molecule has 3 aromatic rings. The molecular weight excluding hydrogens is 528 g/mol. The Morgan fingerprint density at radius 2 is 1.98 bits per heavy atom. The van der Waals surface area contributed by atoms with Crippen molar-refractivity contribution in [2.45, 2.75) is 38.0 Å². The third-order valence-electron chi connectivity index (χ3n) is 6.86. The zero-order valence-corrected chi connectivity index (χ0v) is 22.4. The summed E-state index contributed by atoms with van der Waals surface area (Å²) in [5.41, 5.74) is 16.1. The van der Waals surface area contributed by atoms with Gasteiger partial charge in [-0.05, 0) is 60.0 Å². The van der Waals surface area contributed by atoms with Gasteiger partial charge in [0.05, 0.1) is 6.61 Å². The molecule has 212 valence electrons. The monoisotopic (exact) mass is 558 g/mol. The molecule has 5 rings (SSSR count). The van der Waals surface area contributed by atoms with Gasteiger partial charge in [-0.3, -0.25) is 10.2 Å². The van der Waals surface area contributed by atoms with Crippen LogP contribution in [0, 0.1) is 0 Å². The van der Waals surface area contributed by atoms with E-state index >= 15 is 0 Å². The average Bonchev–Trinajstić information content (AvgIpc) is 3.59. The topological polar surface area (TPSA) is 159 Å². The Hall–Kier alpha value is -4.77. The van der Waals surface area contributed by atoms with Crippen LogP contribution in [0.1, 0.15) is 30.0 Å². The van der Waals surface area contributed by atoms with E-state index in [2.05, 4.69) is 20.9 Å². The minimum atomic E-state index is -1.37. The standard InChI is InChI=1S/C29H30N6O6/c1-19-29(16-22-5-2-3-6-24(22)33-35-30,28(37)34-31-17-20-7-12-25-26(15-20)40-18-39-25)32-27(41-19)21-8-10-23(11-9-21)38-14-4-13-36/h2-3,5-12,15,19,31,36H,4,13-14,16-18H2,1H3,(H,34,37)/t19-,29-/m0/s1. The summed E-state index contributed by atoms with van der Waals surface area (Å²) in [5, 5.41) is 12.8. The molecule has 0 unspecified atom stereocenters. The number of nitrogens with zero attached hydrogens (tertiary/aromatic N) is 4. The first-order valence-electron chi connectivity index (χ1n) is 13.2. The lowest BCUT2D eigenvalue weighted by atomic mass is 9.85. The van der Waals surface area contributed by atoms with Gasteiger partial charge in [0.15, 0.2) is 17.0 Å². The van der Waals surface area contributed by atoms with Gasteiger partial charge < -0.3 is 24.1 Å². The Labute approximate surface area is 236 Å². The van der Waals surface area contributed by atoms with Gasteiger partial charge in [0.25, 0.3) is 5.91 Å². The maximum absolute atomic E-state index is 13.9. The van der Waals surface area contributed by atoms with E-state index in [9.17, 15) is 4.79 Å². The maximum Gasteiger partial charge on any atom is 0.266 e. The Bertz CT molecular complexity index is 1470. The summed E-state index contributed by atoms with van der Waals surface area (Å²) >= 11 is 0. The second kappa shape index (κ2) is 12.6. The summed E-state index contributed by atoms with van der Waals surface area (Å²) in [6, 6.07) is 19.8. The smallest absolute Gasteiger partial charge is 0.266 e. The number of benzene rings is 3. The first-order valence-corrected chi connectivity index (χ1v) is 13.2. The Balaban J connectivity index is 1.39. The highest BCUT2D eigenvalue weighted by Gasteiger charge is 2.50. The van der Waals surface area contributed by atoms with Crippen LogP contribution in [0.4, 0.5) is 5.69 Å². The lowest BCUT2D eigenvalue weighted by Gasteiger charge is -2.28. The third-order valence-corrected chi connectivity index (χ3v) is 6.86. The molecule has 2 atom stereocenters. The average molecular weight is 559 g/mol. The van der Waals surface area contributed by atoms with E-state index in [1.807, 2.05) is 24.3 Å². The second-order valence-corrected chi connectivity index (χ2v) is 9.54. The molecule has 2 heterocycles. The van der Waals surface area contributed by atoms with E-state index < -0.39 is 17.6 Å². The molecule has 1 amide bonds. The van der Waals surface area contributed by atoms with E-state index in [1.54, 1.807) is 49.4 Å². The van der Waals surface area contributed by atoms with Crippen molar-refractivity contribution in [1.29, 1.82) is 0 Å². The largest absolute Gasteiger partial charge is 0.494 e. The molecule has 0 saturated heterocycles. The molecule has 0 spiro atoms. The first-order chi connectivity index (χ1) is 20.0. The molecular formula is C29H30N6O6. The lowest BCUT2D eigenvalue weighted by molar-refractivity contribution is -0.129. The Kier molecular flexibility index (Phi) is 8.54. The molecule has 0 fully saturated rings. The zero-order chi connectivity index (χ0) is 28.7. The summed E-state index contributed by atoms with van der Waals surface area (Å²) in [6.07, 6.45) is 0.0175. The van der Waals surface area contributed by atoms with Crippen molar-refractivity contribution in [3.8, 4) is 17.2 Å². The summed E-state index contributed by atoms with van der Waals surface area (Å²) in [6.45, 7) is 2.75. The second-order valence-electron chi connectivity index (χ2n) is 9.54. The Morgan fingerprint density at radius 1 is 1.17 bits per heavy atom. The summed E-state index contributed by atoms with van der Waals surface area (Å²) < 4.78 is 22.6. The van der Waals surface area contributed by atoms with Crippen molar-refractivity contribution in [1.82, 2.24) is 10.9 Å². The minimum absolute atomic E-state index is 0.0547. The van der Waals surface area contributed by atoms with Gasteiger partial charge in [-0.25, -0.2) is 10.4 Å². The van der Waals surface area contributed by atoms with Crippen LogP contribution >= 0.6 is 0 Å². The van der Waals surface area contributed by atoms with Crippen molar-refractivity contribution in [2.24, 2.45) is 10.1 Å². The molecule has 0 radical (unpaired) electrons. The van der Waals surface area contributed by atoms with Crippen molar-refractivity contribution in [3.05, 3.63) is 93.9 Å². The van der Waals surface area contributed by atoms with E-state index in [-0.39, 0.29) is 19.8 Å². The lowest BCUT2D eigenvalue weighted by Crippen LogP contribution is -2.55. The predicted octanol–water partition coefficient (Wildman–Crippen LogP) is 4.09. The highest BCUT2D eigenvalue weighted by molar-refractivity contribution is 6.00. The molecule has 3 N–H and O–H groups in total. The quantitative estimate of drug-likeness (QED) is 0.0992. The van der Waals surface area contributed by atoms with Gasteiger partial charge >= 0.3 is 0 Å². The van der Waals surface area contributed by atoms with Crippen molar-refractivity contribution in [3.63, 3.8) is 0 Å². The van der Waals surface area contributed by atoms with Gasteiger partial charge in [0, 0.05) is 42.2 Å². The van der Waals surface area contributed by atoms with Gasteiger partial charge in [0.1, 0.15) is 11.9 Å². The van der Waals surface area contributed by atoms with Crippen LogP contribution in [0.15, 0.2) is 76.8 Å². The number of aliphatic hydroxyl groups excluding tert-OH is 1. The number of hydrogen-bond donors (Lipinski definition) is 3. The highest BCUT2D eigenvalue weighted by Crippen LogP contribution is 2.35. The highest BCUT2D eigenvalue weighted by atomic mass is 16.7. The number of carbonyl (C=O) groups is 1. The molecule has 12 nitrogen and oxygen atoms in total. The van der Waals surface area contributed by atoms with Crippen molar-refractivity contribution >= 4 is 17.5 Å². The summed E-state index contributed by atoms with van der Waals surface area (Å²) in [7, 11) is 0. The fourth-order valence-corrected chi connectivity index (χ4v) is 4.63. The van der Waals surface area contributed by atoms with Gasteiger partial charge in [-0.15, -0.1) is 0 Å². The van der Waals surface area contributed by atoms with Crippen LogP contribution in [0.5, 0.6) is 17.2 Å². The molecule has 2 aliphatic heterocycles. The van der Waals surface area contributed by atoms with Crippen LogP contribution in [-0.2, 0) is 22.5 Å². The number of nitrogens with one attached hydrogen (secondary N) is 2. The number of carbonyl (C=O) groups excluding carboxylic acids is 1. The van der Waals surface area contributed by atoms with Crippen LogP contribution < -0.4 is 25.1 Å². The number of aliphatic hydroxyl groups is 1. The molecule has 0 bridgehead atoms. The number of fused-ring (bicyclic) bond motifs is 1. The molecule has 0 aromatic heterocycles. The molecule has 0 saturated carbocycles. The fraction of sp³-hybridized carbons (Fsp3) is 0.310. The zero-order valence-electron chi connectivity index (χ0n) is 22.4. The minimum Gasteiger partial charge on any atom is -0.494 e.